The first kappa shape index (κ1) is 34.1. The molecule has 4 N–H and O–H groups in total. The van der Waals surface area contributed by atoms with Gasteiger partial charge in [-0.2, -0.15) is 0 Å². The summed E-state index contributed by atoms with van der Waals surface area (Å²) in [5.41, 5.74) is 11.8. The molecule has 0 aromatic heterocycles. The molecule has 0 unspecified atom stereocenters. The number of halogens is 2. The van der Waals surface area contributed by atoms with Gasteiger partial charge in [-0.1, -0.05) is 45.2 Å². The van der Waals surface area contributed by atoms with E-state index >= 15 is 0 Å². The van der Waals surface area contributed by atoms with Crippen molar-refractivity contribution in [2.45, 2.75) is 71.6 Å². The molecule has 0 aliphatic rings. The summed E-state index contributed by atoms with van der Waals surface area (Å²) >= 11 is 6.84. The number of rotatable bonds is 16. The number of aryl methyl sites for hydroxylation is 2. The molecule has 0 saturated heterocycles. The second-order valence-corrected chi connectivity index (χ2v) is 11.0. The summed E-state index contributed by atoms with van der Waals surface area (Å²) in [7, 11) is 0. The molecule has 41 heavy (non-hydrogen) atoms. The number of amides is 4. The predicted octanol–water partition coefficient (Wildman–Crippen LogP) is 4.82. The van der Waals surface area contributed by atoms with Crippen LogP contribution in [0.4, 0.5) is 0 Å². The maximum atomic E-state index is 11.9. The van der Waals surface area contributed by atoms with Crippen molar-refractivity contribution in [3.8, 4) is 11.5 Å². The lowest BCUT2D eigenvalue weighted by molar-refractivity contribution is -0.130. The van der Waals surface area contributed by atoms with Crippen LogP contribution in [0.25, 0.3) is 0 Å². The highest BCUT2D eigenvalue weighted by molar-refractivity contribution is 9.10. The minimum atomic E-state index is -0.457. The fraction of sp³-hybridized carbons (Fsp3) is 0.448. The van der Waals surface area contributed by atoms with Gasteiger partial charge in [-0.15, -0.1) is 0 Å². The summed E-state index contributed by atoms with van der Waals surface area (Å²) in [5.74, 6) is -0.368. The number of benzene rings is 2. The molecule has 0 bridgehead atoms. The van der Waals surface area contributed by atoms with Gasteiger partial charge in [0, 0.05) is 12.8 Å². The third-order valence-corrected chi connectivity index (χ3v) is 7.26. The van der Waals surface area contributed by atoms with E-state index in [0.29, 0.717) is 24.3 Å². The SMILES string of the molecule is CCc1ccc(OCC(=O)NNC(=O)CCCCCCCC(=O)NNC(=O)COc2ccc(CC)cc2Br)c(Br)c1. The van der Waals surface area contributed by atoms with Gasteiger partial charge < -0.3 is 9.47 Å². The van der Waals surface area contributed by atoms with E-state index in [1.165, 1.54) is 0 Å². The highest BCUT2D eigenvalue weighted by Crippen LogP contribution is 2.27. The first-order valence-corrected chi connectivity index (χ1v) is 15.3. The molecule has 2 rings (SSSR count). The molecule has 0 spiro atoms. The van der Waals surface area contributed by atoms with Crippen molar-refractivity contribution in [2.24, 2.45) is 0 Å². The van der Waals surface area contributed by atoms with E-state index in [1.807, 2.05) is 24.3 Å². The lowest BCUT2D eigenvalue weighted by Crippen LogP contribution is -2.43. The lowest BCUT2D eigenvalue weighted by Gasteiger charge is -2.11. The zero-order chi connectivity index (χ0) is 30.0. The van der Waals surface area contributed by atoms with Crippen molar-refractivity contribution >= 4 is 55.5 Å². The standard InChI is InChI=1S/C29H38Br2N4O6/c1-3-20-12-14-24(22(30)16-20)40-18-28(38)34-32-26(36)10-8-6-5-7-9-11-27(37)33-35-29(39)19-41-25-15-13-21(4-2)17-23(25)31/h12-17H,3-11,18-19H2,1-2H3,(H,32,36)(H,33,37)(H,34,38)(H,35,39). The summed E-state index contributed by atoms with van der Waals surface area (Å²) < 4.78 is 12.5. The van der Waals surface area contributed by atoms with Crippen molar-refractivity contribution < 1.29 is 28.7 Å². The average Bonchev–Trinajstić information content (AvgIpc) is 2.96. The Balaban J connectivity index is 1.45. The summed E-state index contributed by atoms with van der Waals surface area (Å²) in [6, 6.07) is 11.3. The number of carbonyl (C=O) groups excluding carboxylic acids is 4. The Morgan fingerprint density at radius 2 is 0.951 bits per heavy atom. The number of hydrogen-bond acceptors (Lipinski definition) is 6. The van der Waals surface area contributed by atoms with Crippen LogP contribution >= 0.6 is 31.9 Å². The van der Waals surface area contributed by atoms with Gasteiger partial charge >= 0.3 is 0 Å². The average molecular weight is 698 g/mol. The zero-order valence-electron chi connectivity index (χ0n) is 23.4. The molecule has 2 aromatic rings. The van der Waals surface area contributed by atoms with Crippen LogP contribution in [0.15, 0.2) is 45.3 Å². The predicted molar refractivity (Wildman–Crippen MR) is 163 cm³/mol. The van der Waals surface area contributed by atoms with Crippen molar-refractivity contribution in [3.63, 3.8) is 0 Å². The summed E-state index contributed by atoms with van der Waals surface area (Å²) in [4.78, 5) is 47.8. The summed E-state index contributed by atoms with van der Waals surface area (Å²) in [5, 5.41) is 0. The van der Waals surface area contributed by atoms with Crippen LogP contribution in [-0.2, 0) is 32.0 Å². The van der Waals surface area contributed by atoms with Crippen molar-refractivity contribution in [3.05, 3.63) is 56.5 Å². The molecule has 0 aliphatic carbocycles. The quantitative estimate of drug-likeness (QED) is 0.147. The summed E-state index contributed by atoms with van der Waals surface area (Å²) in [6.07, 6.45) is 6.16. The van der Waals surface area contributed by atoms with Crippen LogP contribution < -0.4 is 31.2 Å². The Morgan fingerprint density at radius 1 is 0.585 bits per heavy atom. The van der Waals surface area contributed by atoms with Crippen LogP contribution in [0, 0.1) is 0 Å². The number of hydrazine groups is 2. The van der Waals surface area contributed by atoms with E-state index < -0.39 is 11.8 Å². The normalized spacial score (nSPS) is 10.4. The van der Waals surface area contributed by atoms with Crippen molar-refractivity contribution in [2.75, 3.05) is 13.2 Å². The Kier molecular flexibility index (Phi) is 15.9. The van der Waals surface area contributed by atoms with Gasteiger partial charge in [0.25, 0.3) is 11.8 Å². The Morgan fingerprint density at radius 3 is 1.32 bits per heavy atom. The van der Waals surface area contributed by atoms with E-state index in [4.69, 9.17) is 9.47 Å². The molecule has 4 amide bonds. The van der Waals surface area contributed by atoms with Crippen molar-refractivity contribution in [1.29, 1.82) is 0 Å². The topological polar surface area (TPSA) is 135 Å². The number of nitrogens with one attached hydrogen (secondary N) is 4. The molecule has 0 heterocycles. The number of ether oxygens (including phenoxy) is 2. The second-order valence-electron chi connectivity index (χ2n) is 9.27. The Bertz CT molecular complexity index is 1090. The first-order chi connectivity index (χ1) is 19.7. The van der Waals surface area contributed by atoms with Gasteiger partial charge in [0.1, 0.15) is 11.5 Å². The highest BCUT2D eigenvalue weighted by Gasteiger charge is 2.10. The van der Waals surface area contributed by atoms with E-state index in [1.54, 1.807) is 12.1 Å². The number of unbranched alkanes of at least 4 members (excludes halogenated alkanes) is 4. The highest BCUT2D eigenvalue weighted by atomic mass is 79.9. The van der Waals surface area contributed by atoms with Gasteiger partial charge in [-0.25, -0.2) is 0 Å². The molecule has 0 aliphatic heterocycles. The molecular formula is C29H38Br2N4O6. The first-order valence-electron chi connectivity index (χ1n) is 13.7. The van der Waals surface area contributed by atoms with E-state index in [0.717, 1.165) is 52.2 Å². The molecule has 0 saturated carbocycles. The van der Waals surface area contributed by atoms with E-state index in [2.05, 4.69) is 67.4 Å². The van der Waals surface area contributed by atoms with Crippen molar-refractivity contribution in [1.82, 2.24) is 21.7 Å². The maximum Gasteiger partial charge on any atom is 0.276 e. The Labute approximate surface area is 257 Å². The molecule has 12 heteroatoms. The molecule has 0 fully saturated rings. The van der Waals surface area contributed by atoms with Crippen LogP contribution in [0.2, 0.25) is 0 Å². The van der Waals surface area contributed by atoms with E-state index in [-0.39, 0.29) is 37.9 Å². The van der Waals surface area contributed by atoms with Gasteiger partial charge in [0.05, 0.1) is 8.95 Å². The number of carbonyl (C=O) groups is 4. The van der Waals surface area contributed by atoms with Gasteiger partial charge in [0.15, 0.2) is 13.2 Å². The van der Waals surface area contributed by atoms with Crippen LogP contribution in [0.3, 0.4) is 0 Å². The third-order valence-electron chi connectivity index (χ3n) is 6.02. The maximum absolute atomic E-state index is 11.9. The van der Waals surface area contributed by atoms with E-state index in [9.17, 15) is 19.2 Å². The second kappa shape index (κ2) is 19.1. The molecule has 224 valence electrons. The van der Waals surface area contributed by atoms with Gasteiger partial charge in [0.2, 0.25) is 11.8 Å². The van der Waals surface area contributed by atoms with Gasteiger partial charge in [-0.05, 0) is 92.9 Å². The van der Waals surface area contributed by atoms with Crippen LogP contribution in [0.1, 0.15) is 69.9 Å². The summed E-state index contributed by atoms with van der Waals surface area (Å²) in [6.45, 7) is 3.66. The minimum Gasteiger partial charge on any atom is -0.483 e. The fourth-order valence-corrected chi connectivity index (χ4v) is 4.71. The molecular weight excluding hydrogens is 660 g/mol. The van der Waals surface area contributed by atoms with Gasteiger partial charge in [-0.3, -0.25) is 40.9 Å². The lowest BCUT2D eigenvalue weighted by atomic mass is 10.1. The third kappa shape index (κ3) is 13.9. The minimum absolute atomic E-state index is 0.221. The fourth-order valence-electron chi connectivity index (χ4n) is 3.63. The molecule has 10 nitrogen and oxygen atoms in total. The monoisotopic (exact) mass is 696 g/mol. The largest absolute Gasteiger partial charge is 0.483 e. The molecule has 0 radical (unpaired) electrons. The zero-order valence-corrected chi connectivity index (χ0v) is 26.6. The smallest absolute Gasteiger partial charge is 0.276 e. The van der Waals surface area contributed by atoms with Crippen LogP contribution in [-0.4, -0.2) is 36.8 Å². The molecule has 0 atom stereocenters. The molecule has 2 aromatic carbocycles. The number of hydrogen-bond donors (Lipinski definition) is 4. The van der Waals surface area contributed by atoms with Crippen LogP contribution in [0.5, 0.6) is 11.5 Å². The Hall–Kier alpha value is -3.12.